The first kappa shape index (κ1) is 14.8. The molecule has 0 aliphatic heterocycles. The van der Waals surface area contributed by atoms with Gasteiger partial charge in [0.25, 0.3) is 0 Å². The number of hydrogen-bond donors (Lipinski definition) is 0. The van der Waals surface area contributed by atoms with Gasteiger partial charge in [-0.2, -0.15) is 11.8 Å². The quantitative estimate of drug-likeness (QED) is 0.335. The minimum Gasteiger partial charge on any atom is -0.322 e. The van der Waals surface area contributed by atoms with Crippen LogP contribution >= 0.6 is 0 Å². The number of allylic oxidation sites excluding steroid dienone is 2. The second-order valence-corrected chi connectivity index (χ2v) is 5.76. The predicted octanol–water partition coefficient (Wildman–Crippen LogP) is 4.76. The molecule has 16 heavy (non-hydrogen) atoms. The van der Waals surface area contributed by atoms with Crippen molar-refractivity contribution in [3.63, 3.8) is 0 Å². The molecule has 3 unspecified atom stereocenters. The van der Waals surface area contributed by atoms with Crippen molar-refractivity contribution in [3.8, 4) is 0 Å². The van der Waals surface area contributed by atoms with Gasteiger partial charge in [0.2, 0.25) is 0 Å². The average Bonchev–Trinajstić information content (AvgIpc) is 2.71. The fourth-order valence-corrected chi connectivity index (χ4v) is 3.41. The van der Waals surface area contributed by atoms with Crippen LogP contribution in [0.2, 0.25) is 0 Å². The summed E-state index contributed by atoms with van der Waals surface area (Å²) in [5.41, 5.74) is 1.47. The third kappa shape index (κ3) is 4.21. The van der Waals surface area contributed by atoms with Gasteiger partial charge in [0, 0.05) is 29.9 Å². The van der Waals surface area contributed by atoms with Gasteiger partial charge in [-0.3, -0.25) is 0 Å². The molecule has 0 aromatic heterocycles. The molecule has 0 aromatic rings. The van der Waals surface area contributed by atoms with Crippen molar-refractivity contribution in [1.29, 1.82) is 0 Å². The molecule has 0 saturated heterocycles. The molecule has 1 radical (unpaired) electrons. The van der Waals surface area contributed by atoms with Crippen molar-refractivity contribution in [3.05, 3.63) is 18.1 Å². The van der Waals surface area contributed by atoms with Crippen LogP contribution in [-0.4, -0.2) is 0 Å². The van der Waals surface area contributed by atoms with Gasteiger partial charge in [-0.1, -0.05) is 56.1 Å². The summed E-state index contributed by atoms with van der Waals surface area (Å²) in [6.07, 6.45) is 15.2. The number of hydrogen-bond acceptors (Lipinski definition) is 0. The molecule has 1 heteroatoms. The van der Waals surface area contributed by atoms with Crippen LogP contribution < -0.4 is 0 Å². The minimum absolute atomic E-state index is 0. The largest absolute Gasteiger partial charge is 0.322 e. The second kappa shape index (κ2) is 7.25. The monoisotopic (exact) mass is 441 g/mol. The normalized spacial score (nSPS) is 32.0. The van der Waals surface area contributed by atoms with E-state index in [0.717, 1.165) is 17.8 Å². The Morgan fingerprint density at radius 1 is 1.31 bits per heavy atom. The maximum absolute atomic E-state index is 2.69. The zero-order valence-electron chi connectivity index (χ0n) is 10.8. The molecule has 91 valence electrons. The topological polar surface area (TPSA) is 0 Å². The van der Waals surface area contributed by atoms with Gasteiger partial charge in [-0.05, 0) is 20.3 Å². The summed E-state index contributed by atoms with van der Waals surface area (Å²) in [4.78, 5) is 0. The molecular weight excluding hydrogens is 417 g/mol. The van der Waals surface area contributed by atoms with Gasteiger partial charge in [0.05, 0.1) is 0 Å². The molecule has 2 fully saturated rings. The van der Waals surface area contributed by atoms with Crippen molar-refractivity contribution in [2.24, 2.45) is 17.8 Å². The molecule has 0 amide bonds. The zero-order chi connectivity index (χ0) is 10.7. The molecule has 0 spiro atoms. The summed E-state index contributed by atoms with van der Waals surface area (Å²) in [6, 6.07) is 0. The first-order valence-electron chi connectivity index (χ1n) is 6.74. The van der Waals surface area contributed by atoms with Crippen molar-refractivity contribution >= 4 is 0 Å². The fourth-order valence-electron chi connectivity index (χ4n) is 3.41. The van der Waals surface area contributed by atoms with E-state index in [1.54, 1.807) is 0 Å². The number of fused-ring (bicyclic) bond motifs is 1. The Morgan fingerprint density at radius 3 is 2.81 bits per heavy atom. The van der Waals surface area contributed by atoms with Crippen LogP contribution in [0.25, 0.3) is 0 Å². The van der Waals surface area contributed by atoms with E-state index in [1.807, 2.05) is 0 Å². The van der Waals surface area contributed by atoms with Gasteiger partial charge in [0.15, 0.2) is 0 Å². The summed E-state index contributed by atoms with van der Waals surface area (Å²) in [5.74, 6) is 3.06. The van der Waals surface area contributed by atoms with Gasteiger partial charge in [0.1, 0.15) is 0 Å². The first-order valence-corrected chi connectivity index (χ1v) is 6.74. The van der Waals surface area contributed by atoms with Crippen molar-refractivity contribution in [1.82, 2.24) is 0 Å². The van der Waals surface area contributed by atoms with E-state index >= 15 is 0 Å². The third-order valence-electron chi connectivity index (χ3n) is 4.17. The van der Waals surface area contributed by atoms with E-state index in [-0.39, 0.29) is 29.9 Å². The van der Waals surface area contributed by atoms with E-state index in [4.69, 9.17) is 0 Å². The molecule has 3 atom stereocenters. The summed E-state index contributed by atoms with van der Waals surface area (Å²) in [5, 5.41) is 0. The number of unbranched alkanes of at least 4 members (excludes halogenated alkanes) is 1. The molecule has 0 bridgehead atoms. The molecular formula is C15H25Np-. The molecule has 2 aliphatic rings. The van der Waals surface area contributed by atoms with Gasteiger partial charge in [-0.25, -0.2) is 0 Å². The van der Waals surface area contributed by atoms with Gasteiger partial charge < -0.3 is 6.42 Å². The standard InChI is InChI=1S/C15H25.Np/c1-12(2)6-3-4-7-13-10-14-8-5-9-15(14)11-13;/h6,10,13-15H,3-5,7-9,11H2,1-2H3;/q-1;. The zero-order valence-corrected chi connectivity index (χ0v) is 14.5. The van der Waals surface area contributed by atoms with Gasteiger partial charge >= 0.3 is 0 Å². The summed E-state index contributed by atoms with van der Waals surface area (Å²) in [7, 11) is 0. The predicted molar refractivity (Wildman–Crippen MR) is 66.5 cm³/mol. The van der Waals surface area contributed by atoms with Crippen LogP contribution in [0.5, 0.6) is 0 Å². The summed E-state index contributed by atoms with van der Waals surface area (Å²) in [6.45, 7) is 4.40. The molecule has 2 aliphatic carbocycles. The van der Waals surface area contributed by atoms with Crippen LogP contribution in [0, 0.1) is 54.1 Å². The molecule has 0 nitrogen and oxygen atoms in total. The minimum atomic E-state index is 0. The van der Waals surface area contributed by atoms with Crippen LogP contribution in [0.3, 0.4) is 0 Å². The SMILES string of the molecule is CC(C)=CCCCC1[CH-]C2CCCC2C1.[Np]. The Balaban J connectivity index is 0.00000128. The Morgan fingerprint density at radius 2 is 2.12 bits per heavy atom. The van der Waals surface area contributed by atoms with Crippen LogP contribution in [0.1, 0.15) is 58.8 Å². The molecule has 0 aromatic carbocycles. The van der Waals surface area contributed by atoms with E-state index in [1.165, 1.54) is 50.5 Å². The summed E-state index contributed by atoms with van der Waals surface area (Å²) < 4.78 is 0. The maximum atomic E-state index is 2.69. The van der Waals surface area contributed by atoms with E-state index < -0.39 is 0 Å². The molecule has 0 N–H and O–H groups in total. The van der Waals surface area contributed by atoms with Crippen LogP contribution in [-0.2, 0) is 0 Å². The Labute approximate surface area is 124 Å². The Hall–Kier alpha value is 0.753. The van der Waals surface area contributed by atoms with E-state index in [2.05, 4.69) is 26.3 Å². The van der Waals surface area contributed by atoms with Crippen molar-refractivity contribution in [2.75, 3.05) is 0 Å². The fraction of sp³-hybridized carbons (Fsp3) is 0.800. The van der Waals surface area contributed by atoms with Crippen molar-refractivity contribution < 1.29 is 29.9 Å². The van der Waals surface area contributed by atoms with E-state index in [0.29, 0.717) is 0 Å². The van der Waals surface area contributed by atoms with Crippen molar-refractivity contribution in [2.45, 2.75) is 58.8 Å². The first-order chi connectivity index (χ1) is 7.25. The molecule has 2 rings (SSSR count). The molecule has 0 heterocycles. The Bertz CT molecular complexity index is 216. The number of rotatable bonds is 4. The average molecular weight is 442 g/mol. The van der Waals surface area contributed by atoms with Gasteiger partial charge in [-0.15, -0.1) is 0 Å². The maximum Gasteiger partial charge on any atom is 0 e. The summed E-state index contributed by atoms with van der Waals surface area (Å²) >= 11 is 0. The third-order valence-corrected chi connectivity index (χ3v) is 4.17. The van der Waals surface area contributed by atoms with E-state index in [9.17, 15) is 0 Å². The Kier molecular flexibility index (Phi) is 6.71. The second-order valence-electron chi connectivity index (χ2n) is 5.76. The van der Waals surface area contributed by atoms with Crippen LogP contribution in [0.15, 0.2) is 11.6 Å². The van der Waals surface area contributed by atoms with Crippen LogP contribution in [0.4, 0.5) is 0 Å². The molecule has 2 saturated carbocycles. The smallest absolute Gasteiger partial charge is 0 e.